The third-order valence-corrected chi connectivity index (χ3v) is 4.79. The van der Waals surface area contributed by atoms with Gasteiger partial charge in [-0.15, -0.1) is 0 Å². The van der Waals surface area contributed by atoms with Gasteiger partial charge in [-0.1, -0.05) is 31.4 Å². The minimum absolute atomic E-state index is 0.156. The Bertz CT molecular complexity index is 728. The standard InChI is InChI=1S/C22H28N2O4/c1-3-27-20-11-9-17(10-12-20)13-19(14-23)22(26)28-16(2)21(25)24-15-18-7-5-4-6-8-18/h9-13,16,18H,3-8,15H2,1-2H3,(H,24,25)/b19-13+/t16-/m1/s1. The second-order valence-electron chi connectivity index (χ2n) is 6.97. The highest BCUT2D eigenvalue weighted by atomic mass is 16.5. The molecule has 0 aromatic heterocycles. The monoisotopic (exact) mass is 384 g/mol. The number of carbonyl (C=O) groups is 2. The molecule has 1 aromatic carbocycles. The first-order valence-corrected chi connectivity index (χ1v) is 9.86. The summed E-state index contributed by atoms with van der Waals surface area (Å²) in [6, 6.07) is 8.86. The second-order valence-corrected chi connectivity index (χ2v) is 6.97. The Labute approximate surface area is 166 Å². The van der Waals surface area contributed by atoms with Crippen LogP contribution in [0.4, 0.5) is 0 Å². The lowest BCUT2D eigenvalue weighted by molar-refractivity contribution is -0.150. The highest BCUT2D eigenvalue weighted by Gasteiger charge is 2.22. The van der Waals surface area contributed by atoms with E-state index in [0.29, 0.717) is 30.4 Å². The molecule has 28 heavy (non-hydrogen) atoms. The summed E-state index contributed by atoms with van der Waals surface area (Å²) in [6.07, 6.45) is 6.39. The first kappa shape index (κ1) is 21.5. The van der Waals surface area contributed by atoms with Gasteiger partial charge < -0.3 is 14.8 Å². The number of carbonyl (C=O) groups excluding carboxylic acids is 2. The molecule has 0 radical (unpaired) electrons. The zero-order valence-electron chi connectivity index (χ0n) is 16.6. The number of benzene rings is 1. The molecule has 150 valence electrons. The van der Waals surface area contributed by atoms with Crippen molar-refractivity contribution >= 4 is 18.0 Å². The van der Waals surface area contributed by atoms with Gasteiger partial charge in [-0.3, -0.25) is 4.79 Å². The summed E-state index contributed by atoms with van der Waals surface area (Å²) in [5, 5.41) is 12.1. The average Bonchev–Trinajstić information content (AvgIpc) is 2.72. The SMILES string of the molecule is CCOc1ccc(/C=C(\C#N)C(=O)O[C@H](C)C(=O)NCC2CCCCC2)cc1. The molecule has 1 amide bonds. The molecule has 1 aromatic rings. The van der Waals surface area contributed by atoms with Crippen LogP contribution in [0.25, 0.3) is 6.08 Å². The first-order chi connectivity index (χ1) is 13.5. The molecule has 1 aliphatic rings. The van der Waals surface area contributed by atoms with Crippen molar-refractivity contribution in [3.8, 4) is 11.8 Å². The largest absolute Gasteiger partial charge is 0.494 e. The first-order valence-electron chi connectivity index (χ1n) is 9.86. The summed E-state index contributed by atoms with van der Waals surface area (Å²) in [6.45, 7) is 4.57. The molecule has 1 fully saturated rings. The van der Waals surface area contributed by atoms with E-state index in [4.69, 9.17) is 9.47 Å². The fourth-order valence-corrected chi connectivity index (χ4v) is 3.19. The summed E-state index contributed by atoms with van der Waals surface area (Å²) in [5.74, 6) is 0.0628. The highest BCUT2D eigenvalue weighted by molar-refractivity contribution is 5.99. The van der Waals surface area contributed by atoms with Crippen LogP contribution in [-0.4, -0.2) is 31.1 Å². The number of hydrogen-bond donors (Lipinski definition) is 1. The van der Waals surface area contributed by atoms with E-state index >= 15 is 0 Å². The third kappa shape index (κ3) is 6.73. The number of rotatable bonds is 8. The zero-order valence-corrected chi connectivity index (χ0v) is 16.6. The number of nitriles is 1. The Morgan fingerprint density at radius 1 is 1.25 bits per heavy atom. The van der Waals surface area contributed by atoms with Crippen molar-refractivity contribution in [2.45, 2.75) is 52.1 Å². The molecular weight excluding hydrogens is 356 g/mol. The molecule has 0 unspecified atom stereocenters. The quantitative estimate of drug-likeness (QED) is 0.420. The molecule has 2 rings (SSSR count). The van der Waals surface area contributed by atoms with Crippen LogP contribution >= 0.6 is 0 Å². The predicted octanol–water partition coefficient (Wildman–Crippen LogP) is 3.62. The zero-order chi connectivity index (χ0) is 20.4. The van der Waals surface area contributed by atoms with Crippen LogP contribution < -0.4 is 10.1 Å². The molecule has 6 nitrogen and oxygen atoms in total. The van der Waals surface area contributed by atoms with Crippen molar-refractivity contribution < 1.29 is 19.1 Å². The molecule has 6 heteroatoms. The van der Waals surface area contributed by atoms with E-state index in [0.717, 1.165) is 12.8 Å². The molecule has 0 heterocycles. The van der Waals surface area contributed by atoms with E-state index in [1.807, 2.05) is 13.0 Å². The van der Waals surface area contributed by atoms with Crippen molar-refractivity contribution in [2.75, 3.05) is 13.2 Å². The topological polar surface area (TPSA) is 88.4 Å². The molecular formula is C22H28N2O4. The van der Waals surface area contributed by atoms with Gasteiger partial charge in [0.1, 0.15) is 17.4 Å². The number of ether oxygens (including phenoxy) is 2. The van der Waals surface area contributed by atoms with Crippen LogP contribution in [0.2, 0.25) is 0 Å². The average molecular weight is 384 g/mol. The Hall–Kier alpha value is -2.81. The van der Waals surface area contributed by atoms with Crippen molar-refractivity contribution in [3.63, 3.8) is 0 Å². The maximum Gasteiger partial charge on any atom is 0.349 e. The van der Waals surface area contributed by atoms with Crippen LogP contribution in [0.3, 0.4) is 0 Å². The summed E-state index contributed by atoms with van der Waals surface area (Å²) in [4.78, 5) is 24.4. The number of amides is 1. The van der Waals surface area contributed by atoms with E-state index < -0.39 is 12.1 Å². The third-order valence-electron chi connectivity index (χ3n) is 4.79. The maximum atomic E-state index is 12.3. The van der Waals surface area contributed by atoms with Crippen molar-refractivity contribution in [1.82, 2.24) is 5.32 Å². The highest BCUT2D eigenvalue weighted by Crippen LogP contribution is 2.22. The lowest BCUT2D eigenvalue weighted by atomic mass is 9.89. The smallest absolute Gasteiger partial charge is 0.349 e. The second kappa shape index (κ2) is 11.1. The fourth-order valence-electron chi connectivity index (χ4n) is 3.19. The molecule has 0 spiro atoms. The van der Waals surface area contributed by atoms with Crippen molar-refractivity contribution in [1.29, 1.82) is 5.26 Å². The van der Waals surface area contributed by atoms with E-state index in [2.05, 4.69) is 5.32 Å². The van der Waals surface area contributed by atoms with Gasteiger partial charge in [-0.25, -0.2) is 4.79 Å². The van der Waals surface area contributed by atoms with Crippen molar-refractivity contribution in [3.05, 3.63) is 35.4 Å². The Balaban J connectivity index is 1.89. The number of hydrogen-bond acceptors (Lipinski definition) is 5. The summed E-state index contributed by atoms with van der Waals surface area (Å²) in [5.41, 5.74) is 0.516. The molecule has 0 saturated heterocycles. The molecule has 0 aliphatic heterocycles. The summed E-state index contributed by atoms with van der Waals surface area (Å²) < 4.78 is 10.5. The minimum atomic E-state index is -0.951. The summed E-state index contributed by atoms with van der Waals surface area (Å²) in [7, 11) is 0. The van der Waals surface area contributed by atoms with Gasteiger partial charge in [0.05, 0.1) is 6.61 Å². The van der Waals surface area contributed by atoms with E-state index in [1.54, 1.807) is 24.3 Å². The van der Waals surface area contributed by atoms with Gasteiger partial charge in [-0.05, 0) is 56.4 Å². The number of nitrogens with zero attached hydrogens (tertiary/aromatic N) is 1. The lowest BCUT2D eigenvalue weighted by Gasteiger charge is -2.22. The summed E-state index contributed by atoms with van der Waals surface area (Å²) >= 11 is 0. The fraction of sp³-hybridized carbons (Fsp3) is 0.500. The van der Waals surface area contributed by atoms with Crippen LogP contribution in [0.1, 0.15) is 51.5 Å². The van der Waals surface area contributed by atoms with Crippen LogP contribution in [0.5, 0.6) is 5.75 Å². The Kier molecular flexibility index (Phi) is 8.54. The van der Waals surface area contributed by atoms with Gasteiger partial charge in [0.2, 0.25) is 0 Å². The minimum Gasteiger partial charge on any atom is -0.494 e. The van der Waals surface area contributed by atoms with E-state index in [-0.39, 0.29) is 11.5 Å². The molecule has 1 saturated carbocycles. The maximum absolute atomic E-state index is 12.3. The predicted molar refractivity (Wildman–Crippen MR) is 106 cm³/mol. The van der Waals surface area contributed by atoms with Crippen LogP contribution in [0, 0.1) is 17.2 Å². The van der Waals surface area contributed by atoms with Gasteiger partial charge in [0, 0.05) is 6.54 Å². The van der Waals surface area contributed by atoms with Gasteiger partial charge >= 0.3 is 5.97 Å². The van der Waals surface area contributed by atoms with Crippen LogP contribution in [0.15, 0.2) is 29.8 Å². The van der Waals surface area contributed by atoms with Gasteiger partial charge in [0.15, 0.2) is 6.10 Å². The number of esters is 1. The molecule has 1 atom stereocenters. The normalized spacial score (nSPS) is 16.0. The van der Waals surface area contributed by atoms with E-state index in [9.17, 15) is 14.9 Å². The van der Waals surface area contributed by atoms with Crippen molar-refractivity contribution in [2.24, 2.45) is 5.92 Å². The van der Waals surface area contributed by atoms with Gasteiger partial charge in [0.25, 0.3) is 5.91 Å². The van der Waals surface area contributed by atoms with Crippen LogP contribution in [-0.2, 0) is 14.3 Å². The van der Waals surface area contributed by atoms with E-state index in [1.165, 1.54) is 32.3 Å². The molecule has 1 N–H and O–H groups in total. The molecule has 0 bridgehead atoms. The Morgan fingerprint density at radius 2 is 1.93 bits per heavy atom. The number of nitrogens with one attached hydrogen (secondary N) is 1. The lowest BCUT2D eigenvalue weighted by Crippen LogP contribution is -2.38. The molecule has 1 aliphatic carbocycles. The van der Waals surface area contributed by atoms with Gasteiger partial charge in [-0.2, -0.15) is 5.26 Å². The Morgan fingerprint density at radius 3 is 2.54 bits per heavy atom.